The number of nitrogens with one attached hydrogen (secondary N) is 1. The van der Waals surface area contributed by atoms with Crippen molar-refractivity contribution in [2.75, 3.05) is 5.32 Å². The average Bonchev–Trinajstić information content (AvgIpc) is 2.82. The number of imidazole rings is 1. The molecule has 3 rings (SSSR count). The predicted octanol–water partition coefficient (Wildman–Crippen LogP) is 4.54. The Labute approximate surface area is 136 Å². The summed E-state index contributed by atoms with van der Waals surface area (Å²) >= 11 is 0. The quantitative estimate of drug-likeness (QED) is 0.843. The number of benzene rings is 1. The number of carbonyl (C=O) groups is 1. The molecule has 0 aliphatic heterocycles. The summed E-state index contributed by atoms with van der Waals surface area (Å²) < 4.78 is 2.11. The smallest absolute Gasteiger partial charge is 0.229 e. The Morgan fingerprint density at radius 2 is 2.13 bits per heavy atom. The number of rotatable bonds is 4. The van der Waals surface area contributed by atoms with Crippen LogP contribution in [0.2, 0.25) is 0 Å². The summed E-state index contributed by atoms with van der Waals surface area (Å²) in [7, 11) is 0. The van der Waals surface area contributed by atoms with E-state index in [2.05, 4.69) is 19.7 Å². The van der Waals surface area contributed by atoms with Crippen LogP contribution in [0.5, 0.6) is 0 Å². The standard InChI is InChI=1S/C18H22N4O/c1-11(2)12(3)17(23)21-18-20-15-9-8-13(19-4)10-16(15)22(18)14-6-5-7-14/h8-12,14H,5-7H2,1-3H3,(H,20,21,23)/t12-/m1/s1. The molecule has 0 radical (unpaired) electrons. The van der Waals surface area contributed by atoms with E-state index in [1.165, 1.54) is 6.42 Å². The highest BCUT2D eigenvalue weighted by Gasteiger charge is 2.26. The molecule has 2 aromatic rings. The summed E-state index contributed by atoms with van der Waals surface area (Å²) in [5, 5.41) is 3.00. The summed E-state index contributed by atoms with van der Waals surface area (Å²) in [5.41, 5.74) is 2.37. The molecule has 0 spiro atoms. The van der Waals surface area contributed by atoms with E-state index in [-0.39, 0.29) is 17.7 Å². The minimum absolute atomic E-state index is 0.00119. The van der Waals surface area contributed by atoms with Crippen molar-refractivity contribution < 1.29 is 4.79 Å². The van der Waals surface area contributed by atoms with Crippen LogP contribution in [0.1, 0.15) is 46.1 Å². The van der Waals surface area contributed by atoms with Crippen molar-refractivity contribution >= 4 is 28.6 Å². The minimum Gasteiger partial charge on any atom is -0.308 e. The van der Waals surface area contributed by atoms with Gasteiger partial charge in [0.1, 0.15) is 0 Å². The first-order valence-corrected chi connectivity index (χ1v) is 8.21. The zero-order valence-corrected chi connectivity index (χ0v) is 13.8. The van der Waals surface area contributed by atoms with E-state index in [1.54, 1.807) is 6.07 Å². The molecule has 0 saturated heterocycles. The third kappa shape index (κ3) is 2.81. The van der Waals surface area contributed by atoms with E-state index in [4.69, 9.17) is 6.57 Å². The van der Waals surface area contributed by atoms with Gasteiger partial charge in [-0.3, -0.25) is 10.1 Å². The lowest BCUT2D eigenvalue weighted by molar-refractivity contribution is -0.120. The maximum Gasteiger partial charge on any atom is 0.229 e. The number of fused-ring (bicyclic) bond motifs is 1. The number of anilines is 1. The van der Waals surface area contributed by atoms with Crippen molar-refractivity contribution in [1.82, 2.24) is 9.55 Å². The first kappa shape index (κ1) is 15.5. The topological polar surface area (TPSA) is 51.3 Å². The van der Waals surface area contributed by atoms with Crippen LogP contribution in [-0.2, 0) is 4.79 Å². The van der Waals surface area contributed by atoms with E-state index >= 15 is 0 Å². The zero-order chi connectivity index (χ0) is 16.6. The van der Waals surface area contributed by atoms with Crippen LogP contribution in [0, 0.1) is 18.4 Å². The molecule has 1 atom stereocenters. The van der Waals surface area contributed by atoms with Gasteiger partial charge >= 0.3 is 0 Å². The van der Waals surface area contributed by atoms with Gasteiger partial charge < -0.3 is 4.57 Å². The summed E-state index contributed by atoms with van der Waals surface area (Å²) in [5.74, 6) is 0.833. The fraction of sp³-hybridized carbons (Fsp3) is 0.500. The Kier molecular flexibility index (Phi) is 4.08. The highest BCUT2D eigenvalue weighted by atomic mass is 16.2. The molecule has 5 nitrogen and oxygen atoms in total. The number of hydrogen-bond donors (Lipinski definition) is 1. The number of amides is 1. The summed E-state index contributed by atoms with van der Waals surface area (Å²) in [6, 6.07) is 5.87. The van der Waals surface area contributed by atoms with E-state index < -0.39 is 0 Å². The number of nitrogens with zero attached hydrogens (tertiary/aromatic N) is 3. The van der Waals surface area contributed by atoms with Crippen molar-refractivity contribution in [3.05, 3.63) is 29.6 Å². The van der Waals surface area contributed by atoms with Crippen molar-refractivity contribution in [3.63, 3.8) is 0 Å². The summed E-state index contributed by atoms with van der Waals surface area (Å²) in [6.07, 6.45) is 3.38. The fourth-order valence-corrected chi connectivity index (χ4v) is 2.78. The van der Waals surface area contributed by atoms with Gasteiger partial charge in [-0.1, -0.05) is 26.8 Å². The maximum absolute atomic E-state index is 12.4. The first-order valence-electron chi connectivity index (χ1n) is 8.21. The van der Waals surface area contributed by atoms with Crippen molar-refractivity contribution in [1.29, 1.82) is 0 Å². The SMILES string of the molecule is [C-]#[N+]c1ccc2nc(NC(=O)[C@H](C)C(C)C)n(C3CCC3)c2c1. The lowest BCUT2D eigenvalue weighted by atomic mass is 9.92. The van der Waals surface area contributed by atoms with Crippen LogP contribution < -0.4 is 5.32 Å². The molecule has 0 bridgehead atoms. The van der Waals surface area contributed by atoms with Crippen molar-refractivity contribution in [2.24, 2.45) is 11.8 Å². The Morgan fingerprint density at radius 1 is 1.39 bits per heavy atom. The fourth-order valence-electron chi connectivity index (χ4n) is 2.78. The minimum atomic E-state index is -0.0662. The molecule has 1 aliphatic carbocycles. The van der Waals surface area contributed by atoms with Crippen molar-refractivity contribution in [3.8, 4) is 0 Å². The Balaban J connectivity index is 2.02. The number of aromatic nitrogens is 2. The zero-order valence-electron chi connectivity index (χ0n) is 13.8. The third-order valence-electron chi connectivity index (χ3n) is 4.89. The molecule has 0 unspecified atom stereocenters. The average molecular weight is 310 g/mol. The molecule has 1 fully saturated rings. The van der Waals surface area contributed by atoms with Gasteiger partial charge in [0.15, 0.2) is 5.69 Å². The molecule has 1 aromatic heterocycles. The maximum atomic E-state index is 12.4. The van der Waals surface area contributed by atoms with Gasteiger partial charge in [-0.15, -0.1) is 0 Å². The first-order chi connectivity index (χ1) is 11.0. The van der Waals surface area contributed by atoms with Crippen LogP contribution in [-0.4, -0.2) is 15.5 Å². The molecule has 1 saturated carbocycles. The van der Waals surface area contributed by atoms with Gasteiger partial charge in [0.2, 0.25) is 11.9 Å². The summed E-state index contributed by atoms with van der Waals surface area (Å²) in [4.78, 5) is 20.5. The molecule has 1 N–H and O–H groups in total. The molecule has 120 valence electrons. The lowest BCUT2D eigenvalue weighted by Crippen LogP contribution is -2.27. The number of hydrogen-bond acceptors (Lipinski definition) is 2. The second-order valence-electron chi connectivity index (χ2n) is 6.70. The highest BCUT2D eigenvalue weighted by molar-refractivity contribution is 5.93. The Bertz CT molecular complexity index is 780. The van der Waals surface area contributed by atoms with Gasteiger partial charge in [0.25, 0.3) is 0 Å². The monoisotopic (exact) mass is 310 g/mol. The van der Waals surface area contributed by atoms with Gasteiger partial charge in [-0.25, -0.2) is 9.83 Å². The normalized spacial score (nSPS) is 16.1. The lowest BCUT2D eigenvalue weighted by Gasteiger charge is -2.29. The molecule has 5 heteroatoms. The molecular weight excluding hydrogens is 288 g/mol. The van der Waals surface area contributed by atoms with Crippen LogP contribution in [0.3, 0.4) is 0 Å². The van der Waals surface area contributed by atoms with Crippen LogP contribution >= 0.6 is 0 Å². The van der Waals surface area contributed by atoms with Crippen LogP contribution in [0.4, 0.5) is 11.6 Å². The largest absolute Gasteiger partial charge is 0.308 e. The highest BCUT2D eigenvalue weighted by Crippen LogP contribution is 2.38. The van der Waals surface area contributed by atoms with Gasteiger partial charge in [-0.05, 0) is 37.3 Å². The van der Waals surface area contributed by atoms with Gasteiger partial charge in [-0.2, -0.15) is 0 Å². The predicted molar refractivity (Wildman–Crippen MR) is 91.5 cm³/mol. The molecule has 1 aromatic carbocycles. The molecule has 1 amide bonds. The summed E-state index contributed by atoms with van der Waals surface area (Å²) in [6.45, 7) is 13.2. The Morgan fingerprint density at radius 3 is 2.70 bits per heavy atom. The Hall–Kier alpha value is -2.35. The van der Waals surface area contributed by atoms with E-state index in [0.29, 0.717) is 17.7 Å². The molecular formula is C18H22N4O. The van der Waals surface area contributed by atoms with E-state index in [1.807, 2.05) is 32.9 Å². The molecule has 23 heavy (non-hydrogen) atoms. The number of carbonyl (C=O) groups excluding carboxylic acids is 1. The molecule has 1 aliphatic rings. The van der Waals surface area contributed by atoms with Gasteiger partial charge in [0.05, 0.1) is 17.6 Å². The van der Waals surface area contributed by atoms with E-state index in [0.717, 1.165) is 23.9 Å². The van der Waals surface area contributed by atoms with E-state index in [9.17, 15) is 4.79 Å². The molecule has 1 heterocycles. The van der Waals surface area contributed by atoms with Crippen LogP contribution in [0.15, 0.2) is 18.2 Å². The second kappa shape index (κ2) is 6.04. The van der Waals surface area contributed by atoms with Gasteiger partial charge in [0, 0.05) is 12.0 Å². The van der Waals surface area contributed by atoms with Crippen molar-refractivity contribution in [2.45, 2.75) is 46.1 Å². The van der Waals surface area contributed by atoms with Crippen LogP contribution in [0.25, 0.3) is 15.9 Å². The third-order valence-corrected chi connectivity index (χ3v) is 4.89. The second-order valence-corrected chi connectivity index (χ2v) is 6.70.